The fraction of sp³-hybridized carbons (Fsp3) is 0.758. The van der Waals surface area contributed by atoms with Crippen LogP contribution in [0, 0.1) is 0 Å². The summed E-state index contributed by atoms with van der Waals surface area (Å²) in [6.45, 7) is 6.50. The van der Waals surface area contributed by atoms with Crippen LogP contribution in [-0.2, 0) is 28.6 Å². The van der Waals surface area contributed by atoms with Crippen LogP contribution < -0.4 is 0 Å². The summed E-state index contributed by atoms with van der Waals surface area (Å²) in [5.74, 6) is -0.934. The van der Waals surface area contributed by atoms with Crippen LogP contribution in [0.3, 0.4) is 0 Å². The molecule has 0 saturated carbocycles. The van der Waals surface area contributed by atoms with Gasteiger partial charge in [-0.1, -0.05) is 229 Å². The van der Waals surface area contributed by atoms with E-state index >= 15 is 0 Å². The lowest BCUT2D eigenvalue weighted by Crippen LogP contribution is -2.30. The molecule has 0 aromatic rings. The number of carbonyl (C=O) groups excluding carboxylic acids is 3. The third-order valence-corrected chi connectivity index (χ3v) is 12.4. The maximum absolute atomic E-state index is 12.8. The molecule has 0 fully saturated rings. The molecule has 0 N–H and O–H groups in total. The summed E-state index contributed by atoms with van der Waals surface area (Å²) in [4.78, 5) is 38.2. The zero-order valence-electron chi connectivity index (χ0n) is 44.9. The van der Waals surface area contributed by atoms with E-state index < -0.39 is 6.10 Å². The second-order valence-corrected chi connectivity index (χ2v) is 19.2. The molecule has 0 spiro atoms. The van der Waals surface area contributed by atoms with Crippen molar-refractivity contribution in [3.05, 3.63) is 72.9 Å². The Labute approximate surface area is 421 Å². The van der Waals surface area contributed by atoms with Crippen LogP contribution in [0.15, 0.2) is 72.9 Å². The van der Waals surface area contributed by atoms with Gasteiger partial charge in [0.2, 0.25) is 0 Å². The van der Waals surface area contributed by atoms with Crippen LogP contribution in [0.1, 0.15) is 284 Å². The maximum atomic E-state index is 12.8. The van der Waals surface area contributed by atoms with Gasteiger partial charge in [-0.15, -0.1) is 0 Å². The fourth-order valence-corrected chi connectivity index (χ4v) is 8.07. The van der Waals surface area contributed by atoms with Crippen molar-refractivity contribution < 1.29 is 28.6 Å². The highest BCUT2D eigenvalue weighted by molar-refractivity contribution is 5.71. The van der Waals surface area contributed by atoms with Crippen molar-refractivity contribution in [1.82, 2.24) is 0 Å². The van der Waals surface area contributed by atoms with Gasteiger partial charge in [0.25, 0.3) is 0 Å². The lowest BCUT2D eigenvalue weighted by atomic mass is 10.1. The van der Waals surface area contributed by atoms with E-state index in [2.05, 4.69) is 93.7 Å². The Bertz CT molecular complexity index is 1270. The molecule has 1 atom stereocenters. The van der Waals surface area contributed by atoms with Crippen LogP contribution in [0.5, 0.6) is 0 Å². The van der Waals surface area contributed by atoms with Crippen LogP contribution in [-0.4, -0.2) is 37.2 Å². The Kier molecular flexibility index (Phi) is 53.8. The number of carbonyl (C=O) groups is 3. The summed E-state index contributed by atoms with van der Waals surface area (Å²) < 4.78 is 16.8. The van der Waals surface area contributed by atoms with E-state index in [1.54, 1.807) is 0 Å². The minimum Gasteiger partial charge on any atom is -0.462 e. The van der Waals surface area contributed by atoms with Gasteiger partial charge >= 0.3 is 17.9 Å². The number of rotatable bonds is 52. The Morgan fingerprint density at radius 1 is 0.309 bits per heavy atom. The summed E-state index contributed by atoms with van der Waals surface area (Å²) in [6, 6.07) is 0. The number of esters is 3. The van der Waals surface area contributed by atoms with Gasteiger partial charge in [-0.25, -0.2) is 0 Å². The Morgan fingerprint density at radius 2 is 0.574 bits per heavy atom. The lowest BCUT2D eigenvalue weighted by Gasteiger charge is -2.18. The molecule has 1 unspecified atom stereocenters. The zero-order chi connectivity index (χ0) is 49.3. The monoisotopic (exact) mass is 949 g/mol. The van der Waals surface area contributed by atoms with E-state index in [0.717, 1.165) is 103 Å². The van der Waals surface area contributed by atoms with E-state index in [1.807, 2.05) is 0 Å². The predicted octanol–water partition coefficient (Wildman–Crippen LogP) is 19.4. The molecule has 0 aliphatic carbocycles. The van der Waals surface area contributed by atoms with Crippen LogP contribution in [0.4, 0.5) is 0 Å². The highest BCUT2D eigenvalue weighted by atomic mass is 16.6. The molecule has 392 valence electrons. The SMILES string of the molecule is CC/C=C\C/C=C\C/C=C\C/C=C\CCCCCC(=O)OC(COC(=O)CCCCCCC/C=C\CCCCCCCCC)COC(=O)CCCCCCC/C=C\CCCCCCCCCCC. The number of hydrogen-bond acceptors (Lipinski definition) is 6. The molecule has 0 heterocycles. The van der Waals surface area contributed by atoms with Gasteiger partial charge in [0.1, 0.15) is 13.2 Å². The van der Waals surface area contributed by atoms with Crippen molar-refractivity contribution in [3.8, 4) is 0 Å². The molecule has 0 radical (unpaired) electrons. The molecule has 0 aromatic heterocycles. The van der Waals surface area contributed by atoms with E-state index in [1.165, 1.54) is 141 Å². The third-order valence-electron chi connectivity index (χ3n) is 12.4. The molecule has 0 aromatic carbocycles. The molecule has 0 rings (SSSR count). The van der Waals surface area contributed by atoms with Crippen LogP contribution >= 0.6 is 0 Å². The van der Waals surface area contributed by atoms with Crippen molar-refractivity contribution in [2.24, 2.45) is 0 Å². The topological polar surface area (TPSA) is 78.9 Å². The van der Waals surface area contributed by atoms with Crippen molar-refractivity contribution in [1.29, 1.82) is 0 Å². The fourth-order valence-electron chi connectivity index (χ4n) is 8.07. The predicted molar refractivity (Wildman–Crippen MR) is 293 cm³/mol. The Morgan fingerprint density at radius 3 is 0.926 bits per heavy atom. The van der Waals surface area contributed by atoms with Crippen molar-refractivity contribution >= 4 is 17.9 Å². The molecule has 0 aliphatic rings. The van der Waals surface area contributed by atoms with E-state index in [4.69, 9.17) is 14.2 Å². The first-order valence-corrected chi connectivity index (χ1v) is 28.9. The quantitative estimate of drug-likeness (QED) is 0.0262. The normalized spacial score (nSPS) is 12.6. The summed E-state index contributed by atoms with van der Waals surface area (Å²) in [5.41, 5.74) is 0. The molecular formula is C62H108O6. The molecule has 6 nitrogen and oxygen atoms in total. The second-order valence-electron chi connectivity index (χ2n) is 19.2. The maximum Gasteiger partial charge on any atom is 0.306 e. The molecule has 0 aliphatic heterocycles. The van der Waals surface area contributed by atoms with Gasteiger partial charge in [-0.05, 0) is 109 Å². The second kappa shape index (κ2) is 56.4. The molecular weight excluding hydrogens is 841 g/mol. The lowest BCUT2D eigenvalue weighted by molar-refractivity contribution is -0.167. The molecule has 0 bridgehead atoms. The molecule has 68 heavy (non-hydrogen) atoms. The molecule has 0 saturated heterocycles. The number of allylic oxidation sites excluding steroid dienone is 12. The first-order chi connectivity index (χ1) is 33.5. The molecule has 0 amide bonds. The number of hydrogen-bond donors (Lipinski definition) is 0. The summed E-state index contributed by atoms with van der Waals surface area (Å²) >= 11 is 0. The van der Waals surface area contributed by atoms with Crippen molar-refractivity contribution in [3.63, 3.8) is 0 Å². The average Bonchev–Trinajstić information content (AvgIpc) is 3.34. The zero-order valence-corrected chi connectivity index (χ0v) is 44.9. The summed E-state index contributed by atoms with van der Waals surface area (Å²) in [6.07, 6.45) is 71.8. The highest BCUT2D eigenvalue weighted by Crippen LogP contribution is 2.15. The van der Waals surface area contributed by atoms with E-state index in [9.17, 15) is 14.4 Å². The summed E-state index contributed by atoms with van der Waals surface area (Å²) in [7, 11) is 0. The van der Waals surface area contributed by atoms with Gasteiger partial charge in [-0.2, -0.15) is 0 Å². The minimum atomic E-state index is -0.799. The van der Waals surface area contributed by atoms with Gasteiger partial charge in [0, 0.05) is 19.3 Å². The standard InChI is InChI=1S/C62H108O6/c1-4-7-10-13-16-19-22-25-28-31-32-35-37-40-43-46-49-52-55-61(64)67-58-59(68-62(65)56-53-50-47-44-41-38-34-30-27-24-21-18-15-12-9-6-3)57-66-60(63)54-51-48-45-42-39-36-33-29-26-23-20-17-14-11-8-5-2/h9,12,18,21,27,29-30,32-33,35,38,41,59H,4-8,10-11,13-17,19-20,22-26,28,31,34,36-37,39-40,42-58H2,1-3H3/b12-9-,21-18-,30-27-,33-29-,35-32-,41-38-. The molecule has 6 heteroatoms. The van der Waals surface area contributed by atoms with Gasteiger partial charge in [-0.3, -0.25) is 14.4 Å². The Hall–Kier alpha value is -3.15. The largest absolute Gasteiger partial charge is 0.462 e. The minimum absolute atomic E-state index is 0.0947. The smallest absolute Gasteiger partial charge is 0.306 e. The highest BCUT2D eigenvalue weighted by Gasteiger charge is 2.19. The number of unbranched alkanes of at least 4 members (excludes halogenated alkanes) is 29. The van der Waals surface area contributed by atoms with E-state index in [0.29, 0.717) is 12.8 Å². The van der Waals surface area contributed by atoms with Gasteiger partial charge < -0.3 is 14.2 Å². The first kappa shape index (κ1) is 64.8. The third kappa shape index (κ3) is 53.8. The van der Waals surface area contributed by atoms with Crippen LogP contribution in [0.2, 0.25) is 0 Å². The number of ether oxygens (including phenoxy) is 3. The summed E-state index contributed by atoms with van der Waals surface area (Å²) in [5, 5.41) is 0. The first-order valence-electron chi connectivity index (χ1n) is 28.9. The average molecular weight is 950 g/mol. The van der Waals surface area contributed by atoms with Crippen molar-refractivity contribution in [2.45, 2.75) is 290 Å². The van der Waals surface area contributed by atoms with Gasteiger partial charge in [0.15, 0.2) is 6.10 Å². The van der Waals surface area contributed by atoms with Crippen molar-refractivity contribution in [2.75, 3.05) is 13.2 Å². The van der Waals surface area contributed by atoms with Crippen LogP contribution in [0.25, 0.3) is 0 Å². The van der Waals surface area contributed by atoms with Gasteiger partial charge in [0.05, 0.1) is 0 Å². The van der Waals surface area contributed by atoms with E-state index in [-0.39, 0.29) is 37.5 Å². The Balaban J connectivity index is 4.44.